The number of fused-ring (bicyclic) bond motifs is 1. The van der Waals surface area contributed by atoms with Crippen LogP contribution in [-0.4, -0.2) is 53.0 Å². The highest BCUT2D eigenvalue weighted by Gasteiger charge is 2.24. The number of benzene rings is 1. The molecule has 1 fully saturated rings. The van der Waals surface area contributed by atoms with Gasteiger partial charge in [0.15, 0.2) is 5.82 Å². The molecule has 1 aliphatic heterocycles. The summed E-state index contributed by atoms with van der Waals surface area (Å²) in [4.78, 5) is 9.60. The van der Waals surface area contributed by atoms with E-state index in [9.17, 15) is 4.21 Å². The average molecular weight is 500 g/mol. The van der Waals surface area contributed by atoms with Gasteiger partial charge in [0.1, 0.15) is 11.8 Å². The van der Waals surface area contributed by atoms with Crippen LogP contribution < -0.4 is 5.73 Å². The van der Waals surface area contributed by atoms with Crippen LogP contribution in [0.5, 0.6) is 0 Å². The number of nitrogen functional groups attached to an aromatic ring is 1. The van der Waals surface area contributed by atoms with E-state index in [1.807, 2.05) is 53.2 Å². The van der Waals surface area contributed by atoms with Gasteiger partial charge in [-0.2, -0.15) is 10.2 Å². The summed E-state index contributed by atoms with van der Waals surface area (Å²) in [5, 5.41) is 9.19. The summed E-state index contributed by atoms with van der Waals surface area (Å²) in [6, 6.07) is 15.9. The number of anilines is 1. The van der Waals surface area contributed by atoms with E-state index in [1.165, 1.54) is 6.33 Å². The van der Waals surface area contributed by atoms with E-state index in [2.05, 4.69) is 30.9 Å². The molecule has 0 bridgehead atoms. The first-order valence-electron chi connectivity index (χ1n) is 11.7. The van der Waals surface area contributed by atoms with Crippen molar-refractivity contribution in [2.75, 3.05) is 25.2 Å². The number of hydrogen-bond donors (Lipinski definition) is 1. The minimum Gasteiger partial charge on any atom is -0.382 e. The molecule has 182 valence electrons. The van der Waals surface area contributed by atoms with Crippen molar-refractivity contribution in [1.82, 2.24) is 29.4 Å². The Labute approximate surface area is 210 Å². The van der Waals surface area contributed by atoms with Crippen molar-refractivity contribution in [2.24, 2.45) is 0 Å². The van der Waals surface area contributed by atoms with Crippen LogP contribution in [0.15, 0.2) is 72.1 Å². The van der Waals surface area contributed by atoms with E-state index in [1.54, 1.807) is 12.5 Å². The summed E-state index contributed by atoms with van der Waals surface area (Å²) in [5.41, 5.74) is 12.3. The van der Waals surface area contributed by atoms with Crippen LogP contribution in [0.3, 0.4) is 0 Å². The van der Waals surface area contributed by atoms with Crippen molar-refractivity contribution >= 4 is 22.1 Å². The van der Waals surface area contributed by atoms with E-state index in [0.717, 1.165) is 70.2 Å². The fourth-order valence-electron chi connectivity index (χ4n) is 4.88. The zero-order chi connectivity index (χ0) is 24.6. The molecule has 0 radical (unpaired) electrons. The molecule has 0 saturated carbocycles. The lowest BCUT2D eigenvalue weighted by Gasteiger charge is -2.24. The third-order valence-corrected chi connectivity index (χ3v) is 7.57. The van der Waals surface area contributed by atoms with Crippen LogP contribution in [0.25, 0.3) is 39.3 Å². The highest BCUT2D eigenvalue weighted by Crippen LogP contribution is 2.37. The molecule has 10 heteroatoms. The Morgan fingerprint density at radius 1 is 0.972 bits per heavy atom. The molecule has 5 aromatic rings. The first-order valence-corrected chi connectivity index (χ1v) is 13.3. The van der Waals surface area contributed by atoms with Gasteiger partial charge in [0.2, 0.25) is 0 Å². The first kappa shape index (κ1) is 22.6. The second-order valence-corrected chi connectivity index (χ2v) is 10.1. The van der Waals surface area contributed by atoms with Gasteiger partial charge < -0.3 is 10.5 Å². The lowest BCUT2D eigenvalue weighted by Crippen LogP contribution is -2.21. The molecule has 0 spiro atoms. The number of aromatic nitrogens is 6. The average Bonchev–Trinajstić information content (AvgIpc) is 3.55. The smallest absolute Gasteiger partial charge is 0.152 e. The molecule has 5 heterocycles. The molecule has 4 aromatic heterocycles. The molecule has 1 aromatic carbocycles. The molecule has 1 atom stereocenters. The Kier molecular flexibility index (Phi) is 5.82. The summed E-state index contributed by atoms with van der Waals surface area (Å²) in [5.74, 6) is 0.395. The van der Waals surface area contributed by atoms with Gasteiger partial charge >= 0.3 is 0 Å². The molecule has 1 unspecified atom stereocenters. The summed E-state index contributed by atoms with van der Waals surface area (Å²) < 4.78 is 21.8. The second-order valence-electron chi connectivity index (χ2n) is 8.73. The fraction of sp³-hybridized carbons (Fsp3) is 0.231. The molecule has 0 aliphatic carbocycles. The van der Waals surface area contributed by atoms with Gasteiger partial charge in [-0.3, -0.25) is 13.9 Å². The molecule has 36 heavy (non-hydrogen) atoms. The SMILES string of the molecule is CS(=O)c1ccccc1-c1cc(-c2cc(-c3ccnn3C3CCOCC3)c3c(N)ncnn23)ccn1. The number of hydrogen-bond acceptors (Lipinski definition) is 7. The Hall–Kier alpha value is -3.89. The molecule has 6 rings (SSSR count). The third-order valence-electron chi connectivity index (χ3n) is 6.59. The molecule has 0 amide bonds. The van der Waals surface area contributed by atoms with Crippen LogP contribution in [0.2, 0.25) is 0 Å². The molecular weight excluding hydrogens is 474 g/mol. The van der Waals surface area contributed by atoms with E-state index in [0.29, 0.717) is 5.82 Å². The topological polar surface area (TPSA) is 113 Å². The van der Waals surface area contributed by atoms with Crippen molar-refractivity contribution in [3.8, 4) is 33.8 Å². The summed E-state index contributed by atoms with van der Waals surface area (Å²) in [7, 11) is -1.14. The number of pyridine rings is 1. The van der Waals surface area contributed by atoms with Crippen molar-refractivity contribution < 1.29 is 8.95 Å². The predicted molar refractivity (Wildman–Crippen MR) is 139 cm³/mol. The molecule has 1 saturated heterocycles. The third kappa shape index (κ3) is 3.88. The van der Waals surface area contributed by atoms with Gasteiger partial charge in [-0.15, -0.1) is 0 Å². The van der Waals surface area contributed by atoms with Crippen molar-refractivity contribution in [2.45, 2.75) is 23.8 Å². The minimum absolute atomic E-state index is 0.256. The maximum Gasteiger partial charge on any atom is 0.152 e. The van der Waals surface area contributed by atoms with Gasteiger partial charge in [0.25, 0.3) is 0 Å². The minimum atomic E-state index is -1.14. The Morgan fingerprint density at radius 2 is 1.81 bits per heavy atom. The van der Waals surface area contributed by atoms with Gasteiger partial charge in [-0.05, 0) is 43.2 Å². The lowest BCUT2D eigenvalue weighted by atomic mass is 10.1. The molecule has 2 N–H and O–H groups in total. The zero-order valence-corrected chi connectivity index (χ0v) is 20.6. The van der Waals surface area contributed by atoms with Gasteiger partial charge in [0, 0.05) is 53.4 Å². The fourth-order valence-corrected chi connectivity index (χ4v) is 5.64. The van der Waals surface area contributed by atoms with Crippen molar-refractivity contribution in [3.05, 3.63) is 67.3 Å². The zero-order valence-electron chi connectivity index (χ0n) is 19.7. The summed E-state index contributed by atoms with van der Waals surface area (Å²) in [6.07, 6.45) is 8.53. The first-order chi connectivity index (χ1) is 17.6. The largest absolute Gasteiger partial charge is 0.382 e. The second kappa shape index (κ2) is 9.29. The maximum atomic E-state index is 12.3. The van der Waals surface area contributed by atoms with Gasteiger partial charge in [-0.1, -0.05) is 18.2 Å². The van der Waals surface area contributed by atoms with Gasteiger partial charge in [-0.25, -0.2) is 9.50 Å². The summed E-state index contributed by atoms with van der Waals surface area (Å²) >= 11 is 0. The van der Waals surface area contributed by atoms with Gasteiger partial charge in [0.05, 0.1) is 33.9 Å². The van der Waals surface area contributed by atoms with Crippen LogP contribution in [0.4, 0.5) is 5.82 Å². The number of ether oxygens (including phenoxy) is 1. The van der Waals surface area contributed by atoms with Crippen molar-refractivity contribution in [1.29, 1.82) is 0 Å². The number of rotatable bonds is 5. The highest BCUT2D eigenvalue weighted by atomic mass is 32.2. The summed E-state index contributed by atoms with van der Waals surface area (Å²) in [6.45, 7) is 1.45. The van der Waals surface area contributed by atoms with E-state index in [-0.39, 0.29) is 6.04 Å². The molecule has 9 nitrogen and oxygen atoms in total. The maximum absolute atomic E-state index is 12.3. The quantitative estimate of drug-likeness (QED) is 0.389. The van der Waals surface area contributed by atoms with E-state index in [4.69, 9.17) is 10.5 Å². The monoisotopic (exact) mass is 499 g/mol. The highest BCUT2D eigenvalue weighted by molar-refractivity contribution is 7.84. The van der Waals surface area contributed by atoms with Crippen LogP contribution >= 0.6 is 0 Å². The Morgan fingerprint density at radius 3 is 2.64 bits per heavy atom. The van der Waals surface area contributed by atoms with E-state index >= 15 is 0 Å². The Balaban J connectivity index is 1.52. The van der Waals surface area contributed by atoms with Crippen LogP contribution in [0.1, 0.15) is 18.9 Å². The molecular formula is C26H25N7O2S. The van der Waals surface area contributed by atoms with Crippen LogP contribution in [0, 0.1) is 0 Å². The van der Waals surface area contributed by atoms with Crippen molar-refractivity contribution in [3.63, 3.8) is 0 Å². The standard InChI is InChI=1S/C26H25N7O2S/c1-36(34)24-5-3-2-4-19(24)21-14-17(6-10-28-21)23-15-20(25-26(27)29-16-31-33(23)25)22-7-11-30-32(22)18-8-12-35-13-9-18/h2-7,10-11,14-16,18H,8-9,12-13H2,1H3,(H2,27,29,31). The normalized spacial score (nSPS) is 15.4. The Bertz CT molecular complexity index is 1590. The van der Waals surface area contributed by atoms with Crippen LogP contribution in [-0.2, 0) is 15.5 Å². The van der Waals surface area contributed by atoms with E-state index < -0.39 is 10.8 Å². The predicted octanol–water partition coefficient (Wildman–Crippen LogP) is 3.99. The molecule has 1 aliphatic rings. The number of nitrogens with two attached hydrogens (primary N) is 1. The lowest BCUT2D eigenvalue weighted by molar-refractivity contribution is 0.0667. The number of nitrogens with zero attached hydrogens (tertiary/aromatic N) is 6.